The average Bonchev–Trinajstić information content (AvgIpc) is 3.70. The molecule has 1 fully saturated rings. The Labute approximate surface area is 290 Å². The maximum Gasteiger partial charge on any atom is 0.326 e. The molecule has 13 heteroatoms. The maximum absolute atomic E-state index is 14.7. The van der Waals surface area contributed by atoms with Crippen molar-refractivity contribution < 1.29 is 23.8 Å². The molecule has 0 N–H and O–H groups in total. The van der Waals surface area contributed by atoms with E-state index in [2.05, 4.69) is 4.90 Å². The minimum Gasteiger partial charge on any atom is -0.492 e. The second-order valence-electron chi connectivity index (χ2n) is 11.3. The highest BCUT2D eigenvalue weighted by Crippen LogP contribution is 2.46. The lowest BCUT2D eigenvalue weighted by Crippen LogP contribution is -2.55. The highest BCUT2D eigenvalue weighted by Gasteiger charge is 2.45. The van der Waals surface area contributed by atoms with Gasteiger partial charge >= 0.3 is 6.03 Å². The van der Waals surface area contributed by atoms with E-state index in [1.54, 1.807) is 19.1 Å². The van der Waals surface area contributed by atoms with Crippen molar-refractivity contribution in [3.63, 3.8) is 0 Å². The first-order valence-corrected chi connectivity index (χ1v) is 17.3. The minimum absolute atomic E-state index is 0.0163. The molecule has 2 aliphatic rings. The molecule has 252 valence electrons. The second kappa shape index (κ2) is 16.8. The Balaban J connectivity index is 1.42. The summed E-state index contributed by atoms with van der Waals surface area (Å²) in [5.41, 5.74) is 1.85. The first kappa shape index (κ1) is 35.1. The number of halogens is 2. The molecule has 0 unspecified atom stereocenters. The molecule has 3 amide bonds. The molecule has 1 aromatic heterocycles. The van der Waals surface area contributed by atoms with E-state index in [-0.39, 0.29) is 18.5 Å². The third kappa shape index (κ3) is 8.46. The number of carbonyl (C=O) groups is 2. The summed E-state index contributed by atoms with van der Waals surface area (Å²) in [4.78, 5) is 41.4. The first-order valence-electron chi connectivity index (χ1n) is 15.7. The number of hydrogen-bond donors (Lipinski definition) is 0. The predicted octanol–water partition coefficient (Wildman–Crippen LogP) is 5.86. The summed E-state index contributed by atoms with van der Waals surface area (Å²) >= 11 is 14.1. The second-order valence-corrected chi connectivity index (χ2v) is 13.1. The van der Waals surface area contributed by atoms with Gasteiger partial charge in [-0.1, -0.05) is 47.5 Å². The van der Waals surface area contributed by atoms with E-state index >= 15 is 0 Å². The number of hydrogen-bond acceptors (Lipinski definition) is 8. The molecule has 47 heavy (non-hydrogen) atoms. The number of benzene rings is 2. The topological polar surface area (TPSA) is 87.2 Å². The zero-order valence-corrected chi connectivity index (χ0v) is 29.3. The van der Waals surface area contributed by atoms with Crippen LogP contribution in [0.3, 0.4) is 0 Å². The monoisotopic (exact) mass is 701 g/mol. The summed E-state index contributed by atoms with van der Waals surface area (Å²) in [7, 11) is 3.24. The maximum atomic E-state index is 14.7. The van der Waals surface area contributed by atoms with E-state index < -0.39 is 12.1 Å². The summed E-state index contributed by atoms with van der Waals surface area (Å²) in [6.07, 6.45) is 0. The molecule has 2 aromatic carbocycles. The van der Waals surface area contributed by atoms with Gasteiger partial charge < -0.3 is 24.0 Å². The largest absolute Gasteiger partial charge is 0.492 e. The Morgan fingerprint density at radius 2 is 1.49 bits per heavy atom. The standard InChI is InChI=1S/C34H41Cl2N5O5S/c1-4-46-28-13-22-47-32(28)33-37-30(24-5-9-26(35)10-6-24)31(25-7-11-27(36)12-8-25)41(33)34(43)40-16-14-38(15-17-40)23-29(42)39(18-20-44-2)19-21-45-3/h5-13,22,30-31H,4,14-21,23H2,1-3H3/t30-,31+/m0/s1. The normalized spacial score (nSPS) is 18.4. The van der Waals surface area contributed by atoms with Gasteiger partial charge in [0.2, 0.25) is 5.91 Å². The molecular weight excluding hydrogens is 661 g/mol. The fraction of sp³-hybridized carbons (Fsp3) is 0.441. The molecule has 0 saturated carbocycles. The average molecular weight is 703 g/mol. The van der Waals surface area contributed by atoms with Gasteiger partial charge in [-0.05, 0) is 53.8 Å². The summed E-state index contributed by atoms with van der Waals surface area (Å²) in [5.74, 6) is 1.27. The zero-order valence-electron chi connectivity index (χ0n) is 26.9. The first-order chi connectivity index (χ1) is 22.8. The van der Waals surface area contributed by atoms with Gasteiger partial charge in [-0.15, -0.1) is 11.3 Å². The van der Waals surface area contributed by atoms with Crippen molar-refractivity contribution in [2.75, 3.05) is 79.9 Å². The van der Waals surface area contributed by atoms with Crippen LogP contribution in [0.2, 0.25) is 10.0 Å². The van der Waals surface area contributed by atoms with Crippen LogP contribution in [0.1, 0.15) is 35.0 Å². The number of nitrogens with zero attached hydrogens (tertiary/aromatic N) is 5. The van der Waals surface area contributed by atoms with Crippen molar-refractivity contribution in [2.24, 2.45) is 4.99 Å². The van der Waals surface area contributed by atoms with Gasteiger partial charge in [0.1, 0.15) is 16.7 Å². The van der Waals surface area contributed by atoms with Gasteiger partial charge in [0.15, 0.2) is 5.84 Å². The van der Waals surface area contributed by atoms with Crippen LogP contribution in [-0.2, 0) is 14.3 Å². The Morgan fingerprint density at radius 1 is 0.894 bits per heavy atom. The predicted molar refractivity (Wildman–Crippen MR) is 186 cm³/mol. The molecule has 0 radical (unpaired) electrons. The van der Waals surface area contributed by atoms with Crippen LogP contribution in [0, 0.1) is 0 Å². The third-order valence-electron chi connectivity index (χ3n) is 8.31. The van der Waals surface area contributed by atoms with Crippen molar-refractivity contribution in [3.8, 4) is 5.75 Å². The number of carbonyl (C=O) groups excluding carboxylic acids is 2. The highest BCUT2D eigenvalue weighted by atomic mass is 35.5. The lowest BCUT2D eigenvalue weighted by Gasteiger charge is -2.39. The van der Waals surface area contributed by atoms with E-state index in [0.717, 1.165) is 16.0 Å². The Bertz CT molecular complexity index is 1500. The molecule has 0 aliphatic carbocycles. The summed E-state index contributed by atoms with van der Waals surface area (Å²) in [6.45, 7) is 6.67. The van der Waals surface area contributed by atoms with Gasteiger partial charge in [0.25, 0.3) is 0 Å². The van der Waals surface area contributed by atoms with Gasteiger partial charge in [-0.2, -0.15) is 0 Å². The summed E-state index contributed by atoms with van der Waals surface area (Å²) in [6, 6.07) is 16.1. The van der Waals surface area contributed by atoms with E-state index in [1.165, 1.54) is 11.3 Å². The minimum atomic E-state index is -0.442. The van der Waals surface area contributed by atoms with E-state index in [0.29, 0.717) is 80.7 Å². The molecular formula is C34H41Cl2N5O5S. The molecule has 2 aliphatic heterocycles. The van der Waals surface area contributed by atoms with Crippen molar-refractivity contribution in [1.29, 1.82) is 0 Å². The van der Waals surface area contributed by atoms with Crippen LogP contribution in [0.25, 0.3) is 0 Å². The number of ether oxygens (including phenoxy) is 3. The molecule has 2 atom stereocenters. The van der Waals surface area contributed by atoms with Crippen LogP contribution in [-0.4, -0.2) is 117 Å². The Morgan fingerprint density at radius 3 is 2.06 bits per heavy atom. The number of amidine groups is 1. The Hall–Kier alpha value is -3.19. The number of aliphatic imine (C=N–C) groups is 1. The SMILES string of the molecule is CCOc1ccsc1C1=N[C@@H](c2ccc(Cl)cc2)[C@@H](c2ccc(Cl)cc2)N1C(=O)N1CCN(CC(=O)N(CCOC)CCOC)CC1. The quantitative estimate of drug-likeness (QED) is 0.222. The van der Waals surface area contributed by atoms with Crippen LogP contribution >= 0.6 is 34.5 Å². The van der Waals surface area contributed by atoms with Crippen molar-refractivity contribution >= 4 is 52.3 Å². The lowest BCUT2D eigenvalue weighted by atomic mass is 9.94. The smallest absolute Gasteiger partial charge is 0.326 e. The number of amides is 3. The van der Waals surface area contributed by atoms with Crippen LogP contribution in [0.15, 0.2) is 65.0 Å². The molecule has 1 saturated heterocycles. The number of rotatable bonds is 13. The number of methoxy groups -OCH3 is 2. The van der Waals surface area contributed by atoms with Gasteiger partial charge in [0, 0.05) is 63.5 Å². The summed E-state index contributed by atoms with van der Waals surface area (Å²) in [5, 5.41) is 3.19. The van der Waals surface area contributed by atoms with Crippen LogP contribution in [0.5, 0.6) is 5.75 Å². The van der Waals surface area contributed by atoms with Crippen LogP contribution in [0.4, 0.5) is 4.79 Å². The fourth-order valence-electron chi connectivity index (χ4n) is 5.86. The molecule has 3 heterocycles. The van der Waals surface area contributed by atoms with E-state index in [1.807, 2.05) is 76.7 Å². The van der Waals surface area contributed by atoms with Crippen molar-refractivity contribution in [1.82, 2.24) is 19.6 Å². The van der Waals surface area contributed by atoms with Crippen molar-refractivity contribution in [2.45, 2.75) is 19.0 Å². The lowest BCUT2D eigenvalue weighted by molar-refractivity contribution is -0.134. The van der Waals surface area contributed by atoms with Crippen LogP contribution < -0.4 is 4.74 Å². The van der Waals surface area contributed by atoms with Crippen molar-refractivity contribution in [3.05, 3.63) is 86.0 Å². The molecule has 0 bridgehead atoms. The van der Waals surface area contributed by atoms with E-state index in [4.69, 9.17) is 42.4 Å². The molecule has 10 nitrogen and oxygen atoms in total. The Kier molecular flexibility index (Phi) is 12.5. The molecule has 0 spiro atoms. The highest BCUT2D eigenvalue weighted by molar-refractivity contribution is 7.12. The number of piperazine rings is 1. The van der Waals surface area contributed by atoms with Gasteiger partial charge in [0.05, 0.1) is 32.4 Å². The summed E-state index contributed by atoms with van der Waals surface area (Å²) < 4.78 is 16.4. The zero-order chi connectivity index (χ0) is 33.3. The third-order valence-corrected chi connectivity index (χ3v) is 9.71. The fourth-order valence-corrected chi connectivity index (χ4v) is 6.94. The number of urea groups is 1. The number of thiophene rings is 1. The van der Waals surface area contributed by atoms with Gasteiger partial charge in [-0.3, -0.25) is 19.6 Å². The van der Waals surface area contributed by atoms with E-state index in [9.17, 15) is 9.59 Å². The van der Waals surface area contributed by atoms with Gasteiger partial charge in [-0.25, -0.2) is 4.79 Å². The molecule has 5 rings (SSSR count). The molecule has 3 aromatic rings.